The first-order chi connectivity index (χ1) is 3.63. The minimum absolute atomic E-state index is 0.520. The predicted octanol–water partition coefficient (Wildman–Crippen LogP) is 2.63. The lowest BCUT2D eigenvalue weighted by atomic mass is 10.1. The van der Waals surface area contributed by atoms with Crippen molar-refractivity contribution >= 4 is 0 Å². The van der Waals surface area contributed by atoms with Gasteiger partial charge in [0.25, 0.3) is 0 Å². The van der Waals surface area contributed by atoms with Gasteiger partial charge in [-0.25, -0.2) is 0 Å². The molecule has 0 heterocycles. The van der Waals surface area contributed by atoms with E-state index in [1.165, 1.54) is 0 Å². The Kier molecular flexibility index (Phi) is 3.59. The van der Waals surface area contributed by atoms with Gasteiger partial charge in [-0.05, 0) is 26.2 Å². The van der Waals surface area contributed by atoms with E-state index in [0.717, 1.165) is 12.0 Å². The average molecular weight is 110 g/mol. The topological polar surface area (TPSA) is 0 Å². The fourth-order valence-corrected chi connectivity index (χ4v) is 0.402. The Bertz CT molecular complexity index is 74.0. The van der Waals surface area contributed by atoms with E-state index in [4.69, 9.17) is 0 Å². The zero-order chi connectivity index (χ0) is 6.57. The normalized spacial score (nSPS) is 12.9. The second-order valence-electron chi connectivity index (χ2n) is 2.39. The van der Waals surface area contributed by atoms with Crippen LogP contribution in [0.25, 0.3) is 0 Å². The van der Waals surface area contributed by atoms with Gasteiger partial charge < -0.3 is 0 Å². The summed E-state index contributed by atoms with van der Waals surface area (Å²) in [6.07, 6.45) is 3.16. The summed E-state index contributed by atoms with van der Waals surface area (Å²) in [7, 11) is 0. The van der Waals surface area contributed by atoms with Gasteiger partial charge in [-0.15, -0.1) is 0 Å². The van der Waals surface area contributed by atoms with Crippen LogP contribution in [0.1, 0.15) is 20.3 Å². The number of allylic oxidation sites excluding steroid dienone is 2. The first-order valence-corrected chi connectivity index (χ1v) is 2.94. The Hall–Kier alpha value is -0.260. The van der Waals surface area contributed by atoms with Gasteiger partial charge in [0.2, 0.25) is 0 Å². The van der Waals surface area contributed by atoms with E-state index < -0.39 is 0 Å². The highest BCUT2D eigenvalue weighted by atomic mass is 13.9. The monoisotopic (exact) mass is 110 g/mol. The smallest absolute Gasteiger partial charge is 0.0286 e. The lowest BCUT2D eigenvalue weighted by Crippen LogP contribution is -1.82. The second-order valence-corrected chi connectivity index (χ2v) is 2.39. The standard InChI is InChI=1S/C8H14/c1-7(2)5-6-8(3)4/h5,8H,1,3,6H2,2,4H3. The maximum atomic E-state index is 3.84. The molecule has 8 heavy (non-hydrogen) atoms. The molecule has 0 nitrogen and oxygen atoms in total. The Balaban J connectivity index is 3.29. The highest BCUT2D eigenvalue weighted by molar-refractivity contribution is 5.01. The average Bonchev–Trinajstić information content (AvgIpc) is 1.61. The van der Waals surface area contributed by atoms with E-state index >= 15 is 0 Å². The maximum absolute atomic E-state index is 3.84. The molecule has 0 saturated carbocycles. The van der Waals surface area contributed by atoms with Crippen molar-refractivity contribution in [2.75, 3.05) is 0 Å². The van der Waals surface area contributed by atoms with Crippen LogP contribution in [-0.4, -0.2) is 0 Å². The summed E-state index contributed by atoms with van der Waals surface area (Å²) in [6.45, 7) is 11.7. The van der Waals surface area contributed by atoms with Crippen molar-refractivity contribution in [3.8, 4) is 0 Å². The Morgan fingerprint density at radius 1 is 1.75 bits per heavy atom. The van der Waals surface area contributed by atoms with Crippen molar-refractivity contribution in [2.24, 2.45) is 5.92 Å². The van der Waals surface area contributed by atoms with Crippen LogP contribution >= 0.6 is 0 Å². The molecule has 0 heteroatoms. The van der Waals surface area contributed by atoms with Crippen molar-refractivity contribution in [1.29, 1.82) is 0 Å². The molecule has 0 bridgehead atoms. The van der Waals surface area contributed by atoms with Gasteiger partial charge in [0.15, 0.2) is 0 Å². The minimum atomic E-state index is 0.520. The lowest BCUT2D eigenvalue weighted by Gasteiger charge is -1.96. The summed E-state index contributed by atoms with van der Waals surface area (Å²) in [5, 5.41) is 0. The maximum Gasteiger partial charge on any atom is -0.0286 e. The highest BCUT2D eigenvalue weighted by Crippen LogP contribution is 2.01. The van der Waals surface area contributed by atoms with Gasteiger partial charge >= 0.3 is 0 Å². The molecule has 1 atom stereocenters. The van der Waals surface area contributed by atoms with Crippen molar-refractivity contribution < 1.29 is 0 Å². The van der Waals surface area contributed by atoms with Gasteiger partial charge in [-0.2, -0.15) is 0 Å². The first-order valence-electron chi connectivity index (χ1n) is 2.94. The first kappa shape index (κ1) is 7.74. The SMILES string of the molecule is [CH2]C(C)=CCC([CH2])C. The van der Waals surface area contributed by atoms with E-state index in [9.17, 15) is 0 Å². The van der Waals surface area contributed by atoms with Crippen molar-refractivity contribution in [1.82, 2.24) is 0 Å². The Morgan fingerprint density at radius 3 is 2.38 bits per heavy atom. The highest BCUT2D eigenvalue weighted by Gasteiger charge is 1.86. The van der Waals surface area contributed by atoms with Gasteiger partial charge in [-0.1, -0.05) is 25.5 Å². The van der Waals surface area contributed by atoms with Crippen molar-refractivity contribution in [2.45, 2.75) is 20.3 Å². The van der Waals surface area contributed by atoms with E-state index in [1.54, 1.807) is 0 Å². The Morgan fingerprint density at radius 2 is 2.25 bits per heavy atom. The van der Waals surface area contributed by atoms with Gasteiger partial charge in [0.1, 0.15) is 0 Å². The molecule has 0 aliphatic rings. The molecule has 0 aromatic carbocycles. The summed E-state index contributed by atoms with van der Waals surface area (Å²) in [4.78, 5) is 0. The summed E-state index contributed by atoms with van der Waals surface area (Å²) < 4.78 is 0. The van der Waals surface area contributed by atoms with E-state index in [-0.39, 0.29) is 0 Å². The lowest BCUT2D eigenvalue weighted by molar-refractivity contribution is 0.737. The zero-order valence-corrected chi connectivity index (χ0v) is 5.78. The molecule has 2 radical (unpaired) electrons. The van der Waals surface area contributed by atoms with Crippen LogP contribution in [0.2, 0.25) is 0 Å². The minimum Gasteiger partial charge on any atom is -0.0853 e. The van der Waals surface area contributed by atoms with Crippen molar-refractivity contribution in [3.05, 3.63) is 25.5 Å². The molecule has 0 saturated heterocycles. The van der Waals surface area contributed by atoms with E-state index in [1.807, 2.05) is 6.92 Å². The van der Waals surface area contributed by atoms with Gasteiger partial charge in [0.05, 0.1) is 0 Å². The third kappa shape index (κ3) is 5.74. The fraction of sp³-hybridized carbons (Fsp3) is 0.500. The quantitative estimate of drug-likeness (QED) is 0.512. The van der Waals surface area contributed by atoms with Crippen LogP contribution in [0, 0.1) is 19.8 Å². The molecule has 0 spiro atoms. The molecule has 0 aromatic heterocycles. The molecule has 1 unspecified atom stereocenters. The van der Waals surface area contributed by atoms with Gasteiger partial charge in [0, 0.05) is 0 Å². The van der Waals surface area contributed by atoms with Crippen LogP contribution in [0.3, 0.4) is 0 Å². The Labute approximate surface area is 52.6 Å². The molecule has 0 fully saturated rings. The van der Waals surface area contributed by atoms with Crippen LogP contribution in [0.15, 0.2) is 11.6 Å². The summed E-state index contributed by atoms with van der Waals surface area (Å²) in [5.41, 5.74) is 1.14. The largest absolute Gasteiger partial charge is 0.0853 e. The third-order valence-electron chi connectivity index (χ3n) is 0.869. The summed E-state index contributed by atoms with van der Waals surface area (Å²) in [6, 6.07) is 0. The molecule has 0 aromatic rings. The number of rotatable bonds is 2. The molecule has 46 valence electrons. The predicted molar refractivity (Wildman–Crippen MR) is 38.3 cm³/mol. The van der Waals surface area contributed by atoms with Gasteiger partial charge in [-0.3, -0.25) is 0 Å². The molecule has 0 rings (SSSR count). The molecule has 0 N–H and O–H groups in total. The second kappa shape index (κ2) is 3.71. The third-order valence-corrected chi connectivity index (χ3v) is 0.869. The molecule has 0 amide bonds. The number of hydrogen-bond acceptors (Lipinski definition) is 0. The fourth-order valence-electron chi connectivity index (χ4n) is 0.402. The molecule has 0 aliphatic heterocycles. The zero-order valence-electron chi connectivity index (χ0n) is 5.78. The van der Waals surface area contributed by atoms with Crippen LogP contribution in [0.4, 0.5) is 0 Å². The molecular formula is C8H14. The number of hydrogen-bond donors (Lipinski definition) is 0. The van der Waals surface area contributed by atoms with Crippen LogP contribution < -0.4 is 0 Å². The molecule has 0 aliphatic carbocycles. The van der Waals surface area contributed by atoms with Crippen LogP contribution in [-0.2, 0) is 0 Å². The van der Waals surface area contributed by atoms with E-state index in [0.29, 0.717) is 5.92 Å². The molecular weight excluding hydrogens is 96.1 g/mol. The van der Waals surface area contributed by atoms with E-state index in [2.05, 4.69) is 26.8 Å². The van der Waals surface area contributed by atoms with Crippen LogP contribution in [0.5, 0.6) is 0 Å². The summed E-state index contributed by atoms with van der Waals surface area (Å²) in [5.74, 6) is 0.520. The van der Waals surface area contributed by atoms with Crippen molar-refractivity contribution in [3.63, 3.8) is 0 Å². The summed E-state index contributed by atoms with van der Waals surface area (Å²) >= 11 is 0.